The Hall–Kier alpha value is -1.81. The van der Waals surface area contributed by atoms with Gasteiger partial charge < -0.3 is 15.2 Å². The number of piperidine rings is 1. The van der Waals surface area contributed by atoms with Crippen LogP contribution in [0, 0.1) is 5.92 Å². The molecule has 1 aliphatic heterocycles. The molecule has 112 valence electrons. The van der Waals surface area contributed by atoms with Crippen LogP contribution in [-0.4, -0.2) is 30.1 Å². The monoisotopic (exact) mass is 285 g/mol. The van der Waals surface area contributed by atoms with Crippen LogP contribution in [0.3, 0.4) is 0 Å². The van der Waals surface area contributed by atoms with Gasteiger partial charge in [-0.05, 0) is 43.3 Å². The number of aromatic nitrogens is 1. The van der Waals surface area contributed by atoms with Crippen LogP contribution in [0.1, 0.15) is 19.3 Å². The fraction of sp³-hybridized carbons (Fsp3) is 0.471. The zero-order valence-corrected chi connectivity index (χ0v) is 12.3. The predicted molar refractivity (Wildman–Crippen MR) is 85.2 cm³/mol. The third-order valence-corrected chi connectivity index (χ3v) is 4.22. The average Bonchev–Trinajstić information content (AvgIpc) is 2.95. The molecule has 2 N–H and O–H groups in total. The Morgan fingerprint density at radius 3 is 3.10 bits per heavy atom. The lowest BCUT2D eigenvalue weighted by molar-refractivity contribution is -0.125. The number of nitrogens with zero attached hydrogens (tertiary/aromatic N) is 1. The summed E-state index contributed by atoms with van der Waals surface area (Å²) < 4.78 is 2.25. The van der Waals surface area contributed by atoms with Crippen LogP contribution in [0.4, 0.5) is 0 Å². The molecular formula is C17H23N3O. The Morgan fingerprint density at radius 2 is 2.24 bits per heavy atom. The van der Waals surface area contributed by atoms with E-state index in [-0.39, 0.29) is 11.8 Å². The van der Waals surface area contributed by atoms with Crippen LogP contribution in [-0.2, 0) is 11.3 Å². The number of aryl methyl sites for hydroxylation is 1. The third kappa shape index (κ3) is 3.45. The molecule has 21 heavy (non-hydrogen) atoms. The normalized spacial score (nSPS) is 18.8. The minimum atomic E-state index is 0.158. The minimum Gasteiger partial charge on any atom is -0.356 e. The van der Waals surface area contributed by atoms with Crippen LogP contribution < -0.4 is 10.6 Å². The quantitative estimate of drug-likeness (QED) is 0.827. The lowest BCUT2D eigenvalue weighted by Crippen LogP contribution is -2.40. The van der Waals surface area contributed by atoms with Gasteiger partial charge in [-0.15, -0.1) is 0 Å². The molecule has 2 heterocycles. The SMILES string of the molecule is O=C(NCCCn1ccc2ccccc21)[C@H]1CCCNC1. The van der Waals surface area contributed by atoms with E-state index < -0.39 is 0 Å². The largest absolute Gasteiger partial charge is 0.356 e. The highest BCUT2D eigenvalue weighted by Crippen LogP contribution is 2.15. The molecule has 0 bridgehead atoms. The fourth-order valence-corrected chi connectivity index (χ4v) is 3.02. The van der Waals surface area contributed by atoms with Crippen molar-refractivity contribution in [3.8, 4) is 0 Å². The molecule has 0 radical (unpaired) electrons. The molecule has 1 fully saturated rings. The van der Waals surface area contributed by atoms with E-state index in [9.17, 15) is 4.79 Å². The standard InChI is InChI=1S/C17H23N3O/c21-17(15-6-3-9-18-13-15)19-10-4-11-20-12-8-14-5-1-2-7-16(14)20/h1-2,5,7-8,12,15,18H,3-4,6,9-11,13H2,(H,19,21)/t15-/m0/s1. The second-order valence-electron chi connectivity index (χ2n) is 5.76. The highest BCUT2D eigenvalue weighted by molar-refractivity contribution is 5.80. The van der Waals surface area contributed by atoms with Crippen molar-refractivity contribution < 1.29 is 4.79 Å². The number of hydrogen-bond donors (Lipinski definition) is 2. The summed E-state index contributed by atoms with van der Waals surface area (Å²) in [6, 6.07) is 10.5. The van der Waals surface area contributed by atoms with Gasteiger partial charge in [0.05, 0.1) is 5.92 Å². The van der Waals surface area contributed by atoms with Crippen molar-refractivity contribution in [1.29, 1.82) is 0 Å². The topological polar surface area (TPSA) is 46.1 Å². The van der Waals surface area contributed by atoms with Gasteiger partial charge in [-0.2, -0.15) is 0 Å². The number of para-hydroxylation sites is 1. The maximum Gasteiger partial charge on any atom is 0.224 e. The van der Waals surface area contributed by atoms with Crippen LogP contribution >= 0.6 is 0 Å². The Balaban J connectivity index is 1.44. The number of fused-ring (bicyclic) bond motifs is 1. The zero-order chi connectivity index (χ0) is 14.5. The van der Waals surface area contributed by atoms with Gasteiger partial charge in [0.1, 0.15) is 0 Å². The van der Waals surface area contributed by atoms with Gasteiger partial charge in [-0.3, -0.25) is 4.79 Å². The molecule has 1 aliphatic rings. The highest BCUT2D eigenvalue weighted by atomic mass is 16.1. The van der Waals surface area contributed by atoms with E-state index in [0.29, 0.717) is 0 Å². The summed E-state index contributed by atoms with van der Waals surface area (Å²) in [5, 5.41) is 7.63. The van der Waals surface area contributed by atoms with Gasteiger partial charge in [0.2, 0.25) is 5.91 Å². The molecule has 0 unspecified atom stereocenters. The summed E-state index contributed by atoms with van der Waals surface area (Å²) in [6.07, 6.45) is 5.20. The van der Waals surface area contributed by atoms with Crippen LogP contribution in [0.2, 0.25) is 0 Å². The minimum absolute atomic E-state index is 0.158. The van der Waals surface area contributed by atoms with E-state index in [4.69, 9.17) is 0 Å². The van der Waals surface area contributed by atoms with Crippen molar-refractivity contribution in [2.24, 2.45) is 5.92 Å². The molecule has 1 saturated heterocycles. The first-order chi connectivity index (χ1) is 10.3. The lowest BCUT2D eigenvalue weighted by Gasteiger charge is -2.21. The number of benzene rings is 1. The van der Waals surface area contributed by atoms with E-state index in [1.54, 1.807) is 0 Å². The summed E-state index contributed by atoms with van der Waals surface area (Å²) in [6.45, 7) is 3.57. The highest BCUT2D eigenvalue weighted by Gasteiger charge is 2.19. The van der Waals surface area contributed by atoms with Gasteiger partial charge in [0.15, 0.2) is 0 Å². The first-order valence-electron chi connectivity index (χ1n) is 7.87. The van der Waals surface area contributed by atoms with Gasteiger partial charge >= 0.3 is 0 Å². The van der Waals surface area contributed by atoms with Crippen molar-refractivity contribution in [3.63, 3.8) is 0 Å². The second kappa shape index (κ2) is 6.76. The molecular weight excluding hydrogens is 262 g/mol. The van der Waals surface area contributed by atoms with Crippen molar-refractivity contribution >= 4 is 16.8 Å². The fourth-order valence-electron chi connectivity index (χ4n) is 3.02. The molecule has 4 nitrogen and oxygen atoms in total. The predicted octanol–water partition coefficient (Wildman–Crippen LogP) is 2.15. The first kappa shape index (κ1) is 14.1. The molecule has 2 aromatic rings. The number of rotatable bonds is 5. The molecule has 1 amide bonds. The number of hydrogen-bond acceptors (Lipinski definition) is 2. The van der Waals surface area contributed by atoms with Gasteiger partial charge in [0, 0.05) is 31.3 Å². The van der Waals surface area contributed by atoms with Crippen LogP contribution in [0.25, 0.3) is 10.9 Å². The maximum atomic E-state index is 12.0. The zero-order valence-electron chi connectivity index (χ0n) is 12.3. The number of nitrogens with one attached hydrogen (secondary N) is 2. The molecule has 1 aromatic heterocycles. The maximum absolute atomic E-state index is 12.0. The Labute approximate surface area is 125 Å². The Bertz CT molecular complexity index is 599. The Kier molecular flexibility index (Phi) is 4.55. The summed E-state index contributed by atoms with van der Waals surface area (Å²) in [5.74, 6) is 0.366. The second-order valence-corrected chi connectivity index (χ2v) is 5.76. The van der Waals surface area contributed by atoms with Gasteiger partial charge in [-0.25, -0.2) is 0 Å². The van der Waals surface area contributed by atoms with Crippen molar-refractivity contribution in [2.45, 2.75) is 25.8 Å². The van der Waals surface area contributed by atoms with E-state index in [2.05, 4.69) is 51.7 Å². The number of amides is 1. The first-order valence-corrected chi connectivity index (χ1v) is 7.87. The molecule has 1 aromatic carbocycles. The summed E-state index contributed by atoms with van der Waals surface area (Å²) >= 11 is 0. The van der Waals surface area contributed by atoms with Crippen LogP contribution in [0.15, 0.2) is 36.5 Å². The van der Waals surface area contributed by atoms with Gasteiger partial charge in [-0.1, -0.05) is 18.2 Å². The molecule has 1 atom stereocenters. The molecule has 0 aliphatic carbocycles. The molecule has 4 heteroatoms. The molecule has 0 saturated carbocycles. The third-order valence-electron chi connectivity index (χ3n) is 4.22. The van der Waals surface area contributed by atoms with Crippen molar-refractivity contribution in [3.05, 3.63) is 36.5 Å². The molecule has 0 spiro atoms. The Morgan fingerprint density at radius 1 is 1.33 bits per heavy atom. The van der Waals surface area contributed by atoms with Crippen LogP contribution in [0.5, 0.6) is 0 Å². The van der Waals surface area contributed by atoms with E-state index in [1.165, 1.54) is 10.9 Å². The van der Waals surface area contributed by atoms with Crippen molar-refractivity contribution in [2.75, 3.05) is 19.6 Å². The summed E-state index contributed by atoms with van der Waals surface area (Å²) in [5.41, 5.74) is 1.26. The summed E-state index contributed by atoms with van der Waals surface area (Å²) in [4.78, 5) is 12.0. The summed E-state index contributed by atoms with van der Waals surface area (Å²) in [7, 11) is 0. The van der Waals surface area contributed by atoms with E-state index in [1.807, 2.05) is 0 Å². The van der Waals surface area contributed by atoms with E-state index >= 15 is 0 Å². The number of carbonyl (C=O) groups excluding carboxylic acids is 1. The van der Waals surface area contributed by atoms with Gasteiger partial charge in [0.25, 0.3) is 0 Å². The number of carbonyl (C=O) groups is 1. The van der Waals surface area contributed by atoms with E-state index in [0.717, 1.165) is 45.4 Å². The lowest BCUT2D eigenvalue weighted by atomic mass is 9.99. The smallest absolute Gasteiger partial charge is 0.224 e. The van der Waals surface area contributed by atoms with Crippen molar-refractivity contribution in [1.82, 2.24) is 15.2 Å². The average molecular weight is 285 g/mol. The molecule has 3 rings (SSSR count).